The Kier molecular flexibility index (Phi) is 4.71. The second kappa shape index (κ2) is 5.82. The van der Waals surface area contributed by atoms with Crippen molar-refractivity contribution in [3.8, 4) is 0 Å². The topological polar surface area (TPSA) is 40.5 Å². The van der Waals surface area contributed by atoms with E-state index in [9.17, 15) is 9.18 Å². The van der Waals surface area contributed by atoms with E-state index in [0.29, 0.717) is 18.7 Å². The number of hydrogen-bond acceptors (Lipinski definition) is 2. The summed E-state index contributed by atoms with van der Waals surface area (Å²) in [7, 11) is 0. The lowest BCUT2D eigenvalue weighted by Gasteiger charge is -2.18. The third kappa shape index (κ3) is 3.47. The van der Waals surface area contributed by atoms with Gasteiger partial charge in [0, 0.05) is 6.54 Å². The van der Waals surface area contributed by atoms with Gasteiger partial charge < -0.3 is 5.11 Å². The molecule has 3 nitrogen and oxygen atoms in total. The first kappa shape index (κ1) is 12.9. The quantitative estimate of drug-likeness (QED) is 0.866. The first-order chi connectivity index (χ1) is 7.54. The molecule has 88 valence electrons. The summed E-state index contributed by atoms with van der Waals surface area (Å²) >= 11 is 5.78. The minimum Gasteiger partial charge on any atom is -0.480 e. The minimum atomic E-state index is -0.908. The van der Waals surface area contributed by atoms with Crippen molar-refractivity contribution in [3.63, 3.8) is 0 Å². The number of halogens is 2. The van der Waals surface area contributed by atoms with Crippen LogP contribution in [0.1, 0.15) is 12.5 Å². The molecule has 5 heteroatoms. The number of nitrogens with zero attached hydrogens (tertiary/aromatic N) is 1. The highest BCUT2D eigenvalue weighted by atomic mass is 35.5. The summed E-state index contributed by atoms with van der Waals surface area (Å²) in [6.07, 6.45) is 0. The monoisotopic (exact) mass is 245 g/mol. The van der Waals surface area contributed by atoms with E-state index in [1.54, 1.807) is 17.0 Å². The summed E-state index contributed by atoms with van der Waals surface area (Å²) in [6, 6.07) is 4.53. The molecule has 1 aromatic rings. The predicted octanol–water partition coefficient (Wildman–Crippen LogP) is 2.39. The van der Waals surface area contributed by atoms with E-state index < -0.39 is 11.8 Å². The van der Waals surface area contributed by atoms with Crippen molar-refractivity contribution in [2.75, 3.05) is 13.1 Å². The first-order valence-corrected chi connectivity index (χ1v) is 5.29. The predicted molar refractivity (Wildman–Crippen MR) is 60.0 cm³/mol. The van der Waals surface area contributed by atoms with Crippen LogP contribution in [-0.2, 0) is 11.3 Å². The zero-order valence-corrected chi connectivity index (χ0v) is 9.67. The lowest BCUT2D eigenvalue weighted by atomic mass is 10.2. The van der Waals surface area contributed by atoms with Crippen molar-refractivity contribution in [2.24, 2.45) is 0 Å². The molecule has 0 unspecified atom stereocenters. The van der Waals surface area contributed by atoms with E-state index in [4.69, 9.17) is 16.7 Å². The van der Waals surface area contributed by atoms with Crippen LogP contribution < -0.4 is 0 Å². The van der Waals surface area contributed by atoms with Gasteiger partial charge in [0.2, 0.25) is 0 Å². The Labute approximate surface area is 98.4 Å². The van der Waals surface area contributed by atoms with E-state index >= 15 is 0 Å². The lowest BCUT2D eigenvalue weighted by molar-refractivity contribution is -0.138. The number of rotatable bonds is 5. The summed E-state index contributed by atoms with van der Waals surface area (Å²) in [5.41, 5.74) is 0.602. The van der Waals surface area contributed by atoms with Gasteiger partial charge in [0.15, 0.2) is 0 Å². The second-order valence-corrected chi connectivity index (χ2v) is 3.79. The minimum absolute atomic E-state index is 0.0614. The van der Waals surface area contributed by atoms with Gasteiger partial charge in [-0.25, -0.2) is 4.39 Å². The molecule has 0 fully saturated rings. The molecule has 0 amide bonds. The van der Waals surface area contributed by atoms with Crippen LogP contribution in [0.3, 0.4) is 0 Å². The van der Waals surface area contributed by atoms with Crippen LogP contribution in [0.15, 0.2) is 18.2 Å². The van der Waals surface area contributed by atoms with Crippen LogP contribution in [0.25, 0.3) is 0 Å². The molecule has 0 spiro atoms. The van der Waals surface area contributed by atoms with Crippen LogP contribution in [0.4, 0.5) is 4.39 Å². The number of carboxylic acid groups (broad SMARTS) is 1. The van der Waals surface area contributed by atoms with Gasteiger partial charge in [-0.3, -0.25) is 9.69 Å². The van der Waals surface area contributed by atoms with Crippen LogP contribution in [0.5, 0.6) is 0 Å². The number of carbonyl (C=O) groups is 1. The van der Waals surface area contributed by atoms with Crippen LogP contribution in [0.2, 0.25) is 5.02 Å². The average Bonchev–Trinajstić information content (AvgIpc) is 2.23. The number of carboxylic acids is 1. The fraction of sp³-hybridized carbons (Fsp3) is 0.364. The maximum Gasteiger partial charge on any atom is 0.317 e. The molecule has 0 aromatic heterocycles. The fourth-order valence-electron chi connectivity index (χ4n) is 1.38. The van der Waals surface area contributed by atoms with E-state index in [1.807, 2.05) is 6.92 Å². The van der Waals surface area contributed by atoms with Crippen molar-refractivity contribution in [1.29, 1.82) is 0 Å². The second-order valence-electron chi connectivity index (χ2n) is 3.41. The van der Waals surface area contributed by atoms with Gasteiger partial charge in [0.05, 0.1) is 11.6 Å². The average molecular weight is 246 g/mol. The molecule has 0 heterocycles. The van der Waals surface area contributed by atoms with Gasteiger partial charge >= 0.3 is 5.97 Å². The SMILES string of the molecule is CCN(CC(=O)O)Cc1cccc(F)c1Cl. The van der Waals surface area contributed by atoms with Crippen molar-refractivity contribution in [3.05, 3.63) is 34.6 Å². The number of likely N-dealkylation sites (N-methyl/N-ethyl adjacent to an activating group) is 1. The molecule has 0 atom stereocenters. The Morgan fingerprint density at radius 1 is 1.56 bits per heavy atom. The molecule has 0 saturated heterocycles. The molecule has 0 aliphatic heterocycles. The highest BCUT2D eigenvalue weighted by molar-refractivity contribution is 6.31. The van der Waals surface area contributed by atoms with Crippen LogP contribution >= 0.6 is 11.6 Å². The Morgan fingerprint density at radius 3 is 2.81 bits per heavy atom. The third-order valence-electron chi connectivity index (χ3n) is 2.23. The first-order valence-electron chi connectivity index (χ1n) is 4.91. The van der Waals surface area contributed by atoms with Crippen molar-refractivity contribution in [1.82, 2.24) is 4.90 Å². The Balaban J connectivity index is 2.77. The maximum atomic E-state index is 13.1. The van der Waals surface area contributed by atoms with Gasteiger partial charge in [-0.1, -0.05) is 30.7 Å². The van der Waals surface area contributed by atoms with E-state index in [2.05, 4.69) is 0 Å². The summed E-state index contributed by atoms with van der Waals surface area (Å²) in [4.78, 5) is 12.2. The number of hydrogen-bond donors (Lipinski definition) is 1. The summed E-state index contributed by atoms with van der Waals surface area (Å²) in [5.74, 6) is -1.39. The van der Waals surface area contributed by atoms with Crippen molar-refractivity contribution < 1.29 is 14.3 Å². The largest absolute Gasteiger partial charge is 0.480 e. The maximum absolute atomic E-state index is 13.1. The molecule has 1 N–H and O–H groups in total. The molecule has 0 saturated carbocycles. The smallest absolute Gasteiger partial charge is 0.317 e. The van der Waals surface area contributed by atoms with Crippen LogP contribution in [0, 0.1) is 5.82 Å². The van der Waals surface area contributed by atoms with Gasteiger partial charge in [-0.15, -0.1) is 0 Å². The zero-order chi connectivity index (χ0) is 12.1. The number of benzene rings is 1. The highest BCUT2D eigenvalue weighted by Crippen LogP contribution is 2.20. The van der Waals surface area contributed by atoms with Crippen LogP contribution in [-0.4, -0.2) is 29.1 Å². The van der Waals surface area contributed by atoms with Gasteiger partial charge in [0.25, 0.3) is 0 Å². The molecule has 1 rings (SSSR count). The highest BCUT2D eigenvalue weighted by Gasteiger charge is 2.12. The fourth-order valence-corrected chi connectivity index (χ4v) is 1.57. The van der Waals surface area contributed by atoms with E-state index in [0.717, 1.165) is 0 Å². The molecule has 0 radical (unpaired) electrons. The number of aliphatic carboxylic acids is 1. The molecule has 0 aliphatic rings. The Bertz CT molecular complexity index is 384. The normalized spacial score (nSPS) is 10.8. The van der Waals surface area contributed by atoms with E-state index in [-0.39, 0.29) is 11.6 Å². The summed E-state index contributed by atoms with van der Waals surface area (Å²) in [5, 5.41) is 8.73. The molecular weight excluding hydrogens is 233 g/mol. The standard InChI is InChI=1S/C11H13ClFNO2/c1-2-14(7-10(15)16)6-8-4-3-5-9(13)11(8)12/h3-5H,2,6-7H2,1H3,(H,15,16). The van der Waals surface area contributed by atoms with Crippen molar-refractivity contribution in [2.45, 2.75) is 13.5 Å². The lowest BCUT2D eigenvalue weighted by Crippen LogP contribution is -2.29. The molecule has 16 heavy (non-hydrogen) atoms. The Hall–Kier alpha value is -1.13. The van der Waals surface area contributed by atoms with Gasteiger partial charge in [0.1, 0.15) is 5.82 Å². The third-order valence-corrected chi connectivity index (χ3v) is 2.65. The Morgan fingerprint density at radius 2 is 2.25 bits per heavy atom. The molecule has 0 bridgehead atoms. The molecule has 1 aromatic carbocycles. The van der Waals surface area contributed by atoms with Gasteiger partial charge in [-0.05, 0) is 18.2 Å². The molecule has 0 aliphatic carbocycles. The summed E-state index contributed by atoms with van der Waals surface area (Å²) < 4.78 is 13.1. The van der Waals surface area contributed by atoms with Gasteiger partial charge in [-0.2, -0.15) is 0 Å². The van der Waals surface area contributed by atoms with E-state index in [1.165, 1.54) is 6.07 Å². The van der Waals surface area contributed by atoms with Crippen molar-refractivity contribution >= 4 is 17.6 Å². The summed E-state index contributed by atoms with van der Waals surface area (Å²) in [6.45, 7) is 2.66. The molecular formula is C11H13ClFNO2. The zero-order valence-electron chi connectivity index (χ0n) is 8.91.